The molecule has 2 aliphatic rings. The van der Waals surface area contributed by atoms with Crippen LogP contribution in [0.2, 0.25) is 5.02 Å². The van der Waals surface area contributed by atoms with E-state index >= 15 is 0 Å². The van der Waals surface area contributed by atoms with Gasteiger partial charge in [0.05, 0.1) is 5.57 Å². The van der Waals surface area contributed by atoms with Crippen molar-refractivity contribution in [2.24, 2.45) is 5.92 Å². The third kappa shape index (κ3) is 4.47. The first-order valence-electron chi connectivity index (χ1n) is 11.0. The van der Waals surface area contributed by atoms with E-state index in [0.717, 1.165) is 24.7 Å². The molecule has 0 bridgehead atoms. The Balaban J connectivity index is 1.61. The van der Waals surface area contributed by atoms with Crippen LogP contribution in [0.1, 0.15) is 38.7 Å². The third-order valence-corrected chi connectivity index (χ3v) is 6.29. The first-order chi connectivity index (χ1) is 15.0. The maximum absolute atomic E-state index is 13.1. The Morgan fingerprint density at radius 1 is 0.968 bits per heavy atom. The summed E-state index contributed by atoms with van der Waals surface area (Å²) in [5.41, 5.74) is 3.37. The number of carbonyl (C=O) groups excluding carboxylic acids is 2. The number of rotatable bonds is 6. The van der Waals surface area contributed by atoms with Gasteiger partial charge in [0, 0.05) is 36.0 Å². The van der Waals surface area contributed by atoms with E-state index in [1.165, 1.54) is 23.4 Å². The minimum absolute atomic E-state index is 0.268. The average molecular weight is 438 g/mol. The maximum atomic E-state index is 13.1. The summed E-state index contributed by atoms with van der Waals surface area (Å²) in [5, 5.41) is 3.81. The fourth-order valence-electron chi connectivity index (χ4n) is 4.17. The second kappa shape index (κ2) is 9.15. The van der Waals surface area contributed by atoms with Gasteiger partial charge < -0.3 is 10.2 Å². The zero-order chi connectivity index (χ0) is 22.0. The lowest BCUT2D eigenvalue weighted by Gasteiger charge is -2.32. The molecule has 0 radical (unpaired) electrons. The maximum Gasteiger partial charge on any atom is 0.278 e. The molecular weight excluding hydrogens is 410 g/mol. The van der Waals surface area contributed by atoms with Gasteiger partial charge in [0.2, 0.25) is 0 Å². The largest absolute Gasteiger partial charge is 0.372 e. The van der Waals surface area contributed by atoms with Crippen LogP contribution in [0, 0.1) is 5.92 Å². The monoisotopic (exact) mass is 437 g/mol. The van der Waals surface area contributed by atoms with Crippen molar-refractivity contribution in [2.45, 2.75) is 33.1 Å². The van der Waals surface area contributed by atoms with Gasteiger partial charge in [0.1, 0.15) is 5.70 Å². The van der Waals surface area contributed by atoms with Gasteiger partial charge in [0.25, 0.3) is 11.8 Å². The number of halogens is 1. The molecule has 1 saturated heterocycles. The van der Waals surface area contributed by atoms with Gasteiger partial charge in [-0.25, -0.2) is 0 Å². The van der Waals surface area contributed by atoms with Crippen LogP contribution in [0.3, 0.4) is 0 Å². The summed E-state index contributed by atoms with van der Waals surface area (Å²) in [7, 11) is 0. The average Bonchev–Trinajstić information content (AvgIpc) is 3.00. The van der Waals surface area contributed by atoms with E-state index in [1.54, 1.807) is 24.3 Å². The van der Waals surface area contributed by atoms with Gasteiger partial charge in [-0.1, -0.05) is 37.6 Å². The van der Waals surface area contributed by atoms with Gasteiger partial charge >= 0.3 is 0 Å². The first kappa shape index (κ1) is 21.4. The number of hydrogen-bond donors (Lipinski definition) is 1. The van der Waals surface area contributed by atoms with Crippen LogP contribution in [0.15, 0.2) is 54.2 Å². The van der Waals surface area contributed by atoms with Crippen LogP contribution in [-0.2, 0) is 9.59 Å². The highest BCUT2D eigenvalue weighted by molar-refractivity contribution is 6.36. The molecule has 6 heteroatoms. The Morgan fingerprint density at radius 3 is 2.23 bits per heavy atom. The molecular formula is C25H28ClN3O2. The zero-order valence-electron chi connectivity index (χ0n) is 18.0. The number of hydrogen-bond acceptors (Lipinski definition) is 4. The summed E-state index contributed by atoms with van der Waals surface area (Å²) in [6.45, 7) is 6.79. The molecule has 5 nitrogen and oxygen atoms in total. The van der Waals surface area contributed by atoms with E-state index in [2.05, 4.69) is 29.3 Å². The van der Waals surface area contributed by atoms with Crippen molar-refractivity contribution in [3.05, 3.63) is 64.8 Å². The van der Waals surface area contributed by atoms with E-state index in [9.17, 15) is 9.59 Å². The van der Waals surface area contributed by atoms with Crippen LogP contribution in [0.5, 0.6) is 0 Å². The predicted molar refractivity (Wildman–Crippen MR) is 126 cm³/mol. The van der Waals surface area contributed by atoms with Crippen molar-refractivity contribution in [1.82, 2.24) is 4.90 Å². The van der Waals surface area contributed by atoms with Gasteiger partial charge in [-0.05, 0) is 67.1 Å². The number of amides is 2. The summed E-state index contributed by atoms with van der Waals surface area (Å²) in [4.78, 5) is 29.8. The quantitative estimate of drug-likeness (QED) is 0.633. The molecule has 1 fully saturated rings. The summed E-state index contributed by atoms with van der Waals surface area (Å²) < 4.78 is 0. The van der Waals surface area contributed by atoms with E-state index < -0.39 is 0 Å². The number of carbonyl (C=O) groups is 2. The molecule has 162 valence electrons. The molecule has 0 saturated carbocycles. The van der Waals surface area contributed by atoms with Crippen molar-refractivity contribution in [1.29, 1.82) is 0 Å². The van der Waals surface area contributed by atoms with Crippen LogP contribution in [0.25, 0.3) is 5.57 Å². The number of imide groups is 1. The number of nitrogens with zero attached hydrogens (tertiary/aromatic N) is 2. The topological polar surface area (TPSA) is 52.7 Å². The van der Waals surface area contributed by atoms with Crippen molar-refractivity contribution in [3.8, 4) is 0 Å². The normalized spacial score (nSPS) is 17.6. The second-order valence-electron chi connectivity index (χ2n) is 8.36. The molecule has 31 heavy (non-hydrogen) atoms. The van der Waals surface area contributed by atoms with E-state index in [0.29, 0.717) is 34.8 Å². The van der Waals surface area contributed by atoms with Crippen molar-refractivity contribution in [3.63, 3.8) is 0 Å². The smallest absolute Gasteiger partial charge is 0.278 e. The van der Waals surface area contributed by atoms with Crippen LogP contribution in [0.4, 0.5) is 11.4 Å². The Labute approximate surface area is 188 Å². The zero-order valence-corrected chi connectivity index (χ0v) is 18.8. The number of anilines is 2. The van der Waals surface area contributed by atoms with Crippen molar-refractivity contribution in [2.75, 3.05) is 29.9 Å². The number of nitrogens with one attached hydrogen (secondary N) is 1. The molecule has 2 amide bonds. The fraction of sp³-hybridized carbons (Fsp3) is 0.360. The Hall–Kier alpha value is -2.79. The molecule has 1 N–H and O–H groups in total. The molecule has 2 aromatic rings. The standard InChI is InChI=1S/C25H28ClN3O2/c1-3-14-29-24(30)22(18-4-6-19(26)7-5-18)23(25(29)31)27-20-8-10-21(11-9-20)28-15-12-17(2)13-16-28/h4-11,17,27H,3,12-16H2,1-2H3. The summed E-state index contributed by atoms with van der Waals surface area (Å²) in [6.07, 6.45) is 3.13. The van der Waals surface area contributed by atoms with Gasteiger partial charge in [-0.3, -0.25) is 14.5 Å². The second-order valence-corrected chi connectivity index (χ2v) is 8.80. The molecule has 0 aromatic heterocycles. The summed E-state index contributed by atoms with van der Waals surface area (Å²) in [5.74, 6) is 0.231. The van der Waals surface area contributed by atoms with Crippen molar-refractivity contribution >= 4 is 40.4 Å². The van der Waals surface area contributed by atoms with Gasteiger partial charge in [-0.15, -0.1) is 0 Å². The Kier molecular flexibility index (Phi) is 6.33. The molecule has 2 aromatic carbocycles. The third-order valence-electron chi connectivity index (χ3n) is 6.03. The van der Waals surface area contributed by atoms with E-state index in [-0.39, 0.29) is 11.8 Å². The molecule has 0 spiro atoms. The van der Waals surface area contributed by atoms with E-state index in [4.69, 9.17) is 11.6 Å². The lowest BCUT2D eigenvalue weighted by Crippen LogP contribution is -2.33. The Morgan fingerprint density at radius 2 is 1.61 bits per heavy atom. The molecule has 0 unspecified atom stereocenters. The fourth-order valence-corrected chi connectivity index (χ4v) is 4.30. The van der Waals surface area contributed by atoms with E-state index in [1.807, 2.05) is 19.1 Å². The lowest BCUT2D eigenvalue weighted by molar-refractivity contribution is -0.136. The minimum Gasteiger partial charge on any atom is -0.372 e. The minimum atomic E-state index is -0.286. The highest BCUT2D eigenvalue weighted by Gasteiger charge is 2.38. The lowest BCUT2D eigenvalue weighted by atomic mass is 9.99. The van der Waals surface area contributed by atoms with Crippen LogP contribution >= 0.6 is 11.6 Å². The van der Waals surface area contributed by atoms with Gasteiger partial charge in [-0.2, -0.15) is 0 Å². The number of piperidine rings is 1. The van der Waals surface area contributed by atoms with Gasteiger partial charge in [0.15, 0.2) is 0 Å². The predicted octanol–water partition coefficient (Wildman–Crippen LogP) is 5.18. The molecule has 2 heterocycles. The number of benzene rings is 2. The SMILES string of the molecule is CCCN1C(=O)C(Nc2ccc(N3CCC(C)CC3)cc2)=C(c2ccc(Cl)cc2)C1=O. The highest BCUT2D eigenvalue weighted by atomic mass is 35.5. The summed E-state index contributed by atoms with van der Waals surface area (Å²) >= 11 is 6.02. The molecule has 0 atom stereocenters. The molecule has 2 aliphatic heterocycles. The first-order valence-corrected chi connectivity index (χ1v) is 11.3. The Bertz CT molecular complexity index is 990. The van der Waals surface area contributed by atoms with Crippen molar-refractivity contribution < 1.29 is 9.59 Å². The van der Waals surface area contributed by atoms with Crippen LogP contribution < -0.4 is 10.2 Å². The molecule has 4 rings (SSSR count). The molecule has 0 aliphatic carbocycles. The highest BCUT2D eigenvalue weighted by Crippen LogP contribution is 2.32. The van der Waals surface area contributed by atoms with Crippen LogP contribution in [-0.4, -0.2) is 36.3 Å². The summed E-state index contributed by atoms with van der Waals surface area (Å²) in [6, 6.07) is 15.1.